The van der Waals surface area contributed by atoms with E-state index in [1.807, 2.05) is 0 Å². The topological polar surface area (TPSA) is 0 Å². The first kappa shape index (κ1) is 16.0. The summed E-state index contributed by atoms with van der Waals surface area (Å²) < 4.78 is 0. The molecule has 3 atom stereocenters. The Hall–Kier alpha value is 0. The third kappa shape index (κ3) is 2.81. The summed E-state index contributed by atoms with van der Waals surface area (Å²) in [5, 5.41) is 0. The second-order valence-electron chi connectivity index (χ2n) is 7.58. The third-order valence-corrected chi connectivity index (χ3v) is 5.60. The molecule has 0 radical (unpaired) electrons. The lowest BCUT2D eigenvalue weighted by Crippen LogP contribution is -2.46. The quantitative estimate of drug-likeness (QED) is 0.583. The average molecular weight is 226 g/mol. The van der Waals surface area contributed by atoms with Crippen molar-refractivity contribution in [1.29, 1.82) is 0 Å². The summed E-state index contributed by atoms with van der Waals surface area (Å²) in [6.45, 7) is 24.0. The molecule has 0 aromatic heterocycles. The minimum atomic E-state index is 0.365. The van der Waals surface area contributed by atoms with E-state index in [0.29, 0.717) is 10.8 Å². The Morgan fingerprint density at radius 3 is 1.25 bits per heavy atom. The number of rotatable bonds is 4. The maximum Gasteiger partial charge on any atom is -0.0226 e. The van der Waals surface area contributed by atoms with Gasteiger partial charge in [-0.3, -0.25) is 0 Å². The predicted molar refractivity (Wildman–Crippen MR) is 75.6 cm³/mol. The minimum absolute atomic E-state index is 0.365. The molecule has 0 heteroatoms. The summed E-state index contributed by atoms with van der Waals surface area (Å²) >= 11 is 0. The van der Waals surface area contributed by atoms with E-state index in [1.165, 1.54) is 0 Å². The molecular weight excluding hydrogens is 192 g/mol. The highest BCUT2D eigenvalue weighted by Gasteiger charge is 2.46. The molecule has 0 aliphatic rings. The molecule has 0 aromatic carbocycles. The summed E-state index contributed by atoms with van der Waals surface area (Å²) in [6.07, 6.45) is 0. The van der Waals surface area contributed by atoms with Gasteiger partial charge < -0.3 is 0 Å². The van der Waals surface area contributed by atoms with Gasteiger partial charge in [0.15, 0.2) is 0 Å². The minimum Gasteiger partial charge on any atom is -0.0625 e. The van der Waals surface area contributed by atoms with E-state index in [4.69, 9.17) is 0 Å². The van der Waals surface area contributed by atoms with Gasteiger partial charge in [-0.2, -0.15) is 0 Å². The second-order valence-corrected chi connectivity index (χ2v) is 7.58. The molecule has 0 N–H and O–H groups in total. The van der Waals surface area contributed by atoms with Crippen LogP contribution in [0.15, 0.2) is 0 Å². The van der Waals surface area contributed by atoms with Gasteiger partial charge >= 0.3 is 0 Å². The maximum atomic E-state index is 2.49. The van der Waals surface area contributed by atoms with Crippen LogP contribution in [0.1, 0.15) is 69.2 Å². The average Bonchev–Trinajstić information content (AvgIpc) is 2.11. The van der Waals surface area contributed by atoms with Crippen molar-refractivity contribution in [3.05, 3.63) is 0 Å². The molecule has 0 nitrogen and oxygen atoms in total. The van der Waals surface area contributed by atoms with Gasteiger partial charge in [-0.25, -0.2) is 0 Å². The van der Waals surface area contributed by atoms with Crippen LogP contribution in [0.3, 0.4) is 0 Å². The van der Waals surface area contributed by atoms with Gasteiger partial charge in [-0.1, -0.05) is 69.2 Å². The molecule has 0 spiro atoms. The Morgan fingerprint density at radius 2 is 1.06 bits per heavy atom. The molecule has 3 unspecified atom stereocenters. The number of hydrogen-bond donors (Lipinski definition) is 0. The van der Waals surface area contributed by atoms with Gasteiger partial charge in [0, 0.05) is 0 Å². The first-order valence-electron chi connectivity index (χ1n) is 6.96. The summed E-state index contributed by atoms with van der Waals surface area (Å²) in [5.74, 6) is 3.04. The monoisotopic (exact) mass is 226 g/mol. The zero-order chi connectivity index (χ0) is 13.3. The molecule has 0 rings (SSSR count). The van der Waals surface area contributed by atoms with Gasteiger partial charge in [0.25, 0.3) is 0 Å². The normalized spacial score (nSPS) is 21.0. The van der Waals surface area contributed by atoms with E-state index in [-0.39, 0.29) is 0 Å². The molecule has 0 fully saturated rings. The van der Waals surface area contributed by atoms with Crippen LogP contribution in [0, 0.1) is 34.5 Å². The Kier molecular flexibility index (Phi) is 5.10. The van der Waals surface area contributed by atoms with Gasteiger partial charge in [-0.05, 0) is 34.5 Å². The highest BCUT2D eigenvalue weighted by molar-refractivity contribution is 4.94. The standard InChI is InChI=1S/C16H34/c1-11(2)13(5)14(6)16(10,12(3)4)15(7,8)9/h11-14H,1-10H3. The molecule has 0 heterocycles. The highest BCUT2D eigenvalue weighted by atomic mass is 14.5. The van der Waals surface area contributed by atoms with Crippen LogP contribution in [0.5, 0.6) is 0 Å². The van der Waals surface area contributed by atoms with Crippen molar-refractivity contribution in [2.75, 3.05) is 0 Å². The van der Waals surface area contributed by atoms with E-state index in [0.717, 1.165) is 23.7 Å². The van der Waals surface area contributed by atoms with Crippen LogP contribution in [0.4, 0.5) is 0 Å². The molecule has 0 aliphatic heterocycles. The van der Waals surface area contributed by atoms with Crippen LogP contribution in [0.2, 0.25) is 0 Å². The zero-order valence-electron chi connectivity index (χ0n) is 13.3. The van der Waals surface area contributed by atoms with E-state index >= 15 is 0 Å². The van der Waals surface area contributed by atoms with Gasteiger partial charge in [0.05, 0.1) is 0 Å². The van der Waals surface area contributed by atoms with Gasteiger partial charge in [0.1, 0.15) is 0 Å². The summed E-state index contributed by atoms with van der Waals surface area (Å²) in [6, 6.07) is 0. The first-order valence-corrected chi connectivity index (χ1v) is 6.96. The van der Waals surface area contributed by atoms with E-state index in [9.17, 15) is 0 Å². The summed E-state index contributed by atoms with van der Waals surface area (Å²) in [7, 11) is 0. The largest absolute Gasteiger partial charge is 0.0625 e. The molecule has 16 heavy (non-hydrogen) atoms. The summed E-state index contributed by atoms with van der Waals surface area (Å²) in [5.41, 5.74) is 0.764. The maximum absolute atomic E-state index is 2.49. The molecule has 0 bridgehead atoms. The Bertz CT molecular complexity index is 207. The number of hydrogen-bond acceptors (Lipinski definition) is 0. The molecule has 98 valence electrons. The fourth-order valence-electron chi connectivity index (χ4n) is 3.20. The van der Waals surface area contributed by atoms with Crippen molar-refractivity contribution in [3.8, 4) is 0 Å². The van der Waals surface area contributed by atoms with Crippen molar-refractivity contribution >= 4 is 0 Å². The Morgan fingerprint density at radius 1 is 0.688 bits per heavy atom. The molecule has 0 aliphatic carbocycles. The lowest BCUT2D eigenvalue weighted by molar-refractivity contribution is -0.0376. The Balaban J connectivity index is 5.23. The first-order chi connectivity index (χ1) is 6.96. The van der Waals surface area contributed by atoms with E-state index in [1.54, 1.807) is 0 Å². The van der Waals surface area contributed by atoms with E-state index in [2.05, 4.69) is 69.2 Å². The van der Waals surface area contributed by atoms with E-state index < -0.39 is 0 Å². The van der Waals surface area contributed by atoms with Gasteiger partial charge in [-0.15, -0.1) is 0 Å². The van der Waals surface area contributed by atoms with Crippen molar-refractivity contribution < 1.29 is 0 Å². The second kappa shape index (κ2) is 5.10. The zero-order valence-corrected chi connectivity index (χ0v) is 13.3. The van der Waals surface area contributed by atoms with Gasteiger partial charge in [0.2, 0.25) is 0 Å². The molecule has 0 aromatic rings. The summed E-state index contributed by atoms with van der Waals surface area (Å²) in [4.78, 5) is 0. The van der Waals surface area contributed by atoms with Crippen molar-refractivity contribution in [2.45, 2.75) is 69.2 Å². The molecule has 0 saturated carbocycles. The van der Waals surface area contributed by atoms with Crippen molar-refractivity contribution in [2.24, 2.45) is 34.5 Å². The third-order valence-electron chi connectivity index (χ3n) is 5.60. The molecule has 0 saturated heterocycles. The smallest absolute Gasteiger partial charge is 0.0226 e. The van der Waals surface area contributed by atoms with Crippen LogP contribution < -0.4 is 0 Å². The van der Waals surface area contributed by atoms with Crippen molar-refractivity contribution in [1.82, 2.24) is 0 Å². The highest BCUT2D eigenvalue weighted by Crippen LogP contribution is 2.53. The van der Waals surface area contributed by atoms with Crippen LogP contribution in [-0.2, 0) is 0 Å². The SMILES string of the molecule is CC(C)C(C)C(C)C(C)(C(C)C)C(C)(C)C. The predicted octanol–water partition coefficient (Wildman–Crippen LogP) is 5.62. The fraction of sp³-hybridized carbons (Fsp3) is 1.00. The molecular formula is C16H34. The van der Waals surface area contributed by atoms with Crippen LogP contribution in [-0.4, -0.2) is 0 Å². The van der Waals surface area contributed by atoms with Crippen molar-refractivity contribution in [3.63, 3.8) is 0 Å². The molecule has 0 amide bonds. The van der Waals surface area contributed by atoms with Crippen LogP contribution >= 0.6 is 0 Å². The fourth-order valence-corrected chi connectivity index (χ4v) is 3.20. The lowest BCUT2D eigenvalue weighted by atomic mass is 9.53. The lowest BCUT2D eigenvalue weighted by Gasteiger charge is -2.52. The van der Waals surface area contributed by atoms with Crippen LogP contribution in [0.25, 0.3) is 0 Å². The Labute approximate surface area is 104 Å².